The van der Waals surface area contributed by atoms with Crippen molar-refractivity contribution < 1.29 is 29.6 Å². The van der Waals surface area contributed by atoms with Crippen LogP contribution in [0.4, 0.5) is 0 Å². The third kappa shape index (κ3) is 7.64. The van der Waals surface area contributed by atoms with Crippen LogP contribution in [0.3, 0.4) is 0 Å². The van der Waals surface area contributed by atoms with E-state index in [4.69, 9.17) is 15.7 Å². The monoisotopic (exact) mass is 392 g/mol. The molecule has 1 aromatic rings. The number of ether oxygens (including phenoxy) is 1. The molecule has 0 spiro atoms. The molecule has 8 nitrogen and oxygen atoms in total. The van der Waals surface area contributed by atoms with Gasteiger partial charge in [-0.25, -0.2) is 0 Å². The average Bonchev–Trinajstić information content (AvgIpc) is 2.64. The maximum Gasteiger partial charge on any atom is 0.306 e. The molecule has 3 unspecified atom stereocenters. The quantitative estimate of drug-likeness (QED) is 0.318. The van der Waals surface area contributed by atoms with Gasteiger partial charge in [0.1, 0.15) is 0 Å². The molecular weight excluding hydrogens is 364 g/mol. The Kier molecular flexibility index (Phi) is 9.59. The summed E-state index contributed by atoms with van der Waals surface area (Å²) in [6.07, 6.45) is -3.99. The molecule has 1 rings (SSSR count). The highest BCUT2D eigenvalue weighted by atomic mass is 16.6. The highest BCUT2D eigenvalue weighted by Crippen LogP contribution is 2.22. The summed E-state index contributed by atoms with van der Waals surface area (Å²) in [7, 11) is 0. The van der Waals surface area contributed by atoms with Crippen LogP contribution >= 0.6 is 0 Å². The minimum atomic E-state index is -2.08. The van der Waals surface area contributed by atoms with Crippen molar-refractivity contribution >= 4 is 11.9 Å². The second kappa shape index (κ2) is 11.4. The van der Waals surface area contributed by atoms with E-state index in [0.717, 1.165) is 5.56 Å². The zero-order chi connectivity index (χ0) is 21.3. The van der Waals surface area contributed by atoms with Crippen LogP contribution in [0.25, 0.3) is 0 Å². The lowest BCUT2D eigenvalue weighted by atomic mass is 9.89. The number of nitriles is 1. The molecule has 1 aromatic carbocycles. The first kappa shape index (κ1) is 23.6. The molecule has 8 heteroatoms. The standard InChI is InChI=1S/C20H28N2O6/c1-12(2)3-9-15(23)17(20(26)27)18(19(22)25)28-16(24)10-8-13-4-6-14(11-21)7-5-13/h4-7,12,15,17-18,20,23,26-27H,3,8-10H2,1-2H3,(H2,22,25). The molecule has 0 radical (unpaired) electrons. The number of hydrogen-bond acceptors (Lipinski definition) is 7. The molecule has 0 aliphatic rings. The van der Waals surface area contributed by atoms with Crippen molar-refractivity contribution in [1.29, 1.82) is 5.26 Å². The summed E-state index contributed by atoms with van der Waals surface area (Å²) < 4.78 is 5.08. The third-order valence-electron chi connectivity index (χ3n) is 4.42. The topological polar surface area (TPSA) is 154 Å². The number of nitrogens with two attached hydrogens (primary N) is 1. The molecular formula is C20H28N2O6. The maximum absolute atomic E-state index is 12.1. The molecule has 0 saturated heterocycles. The summed E-state index contributed by atoms with van der Waals surface area (Å²) in [5.41, 5.74) is 6.57. The first-order chi connectivity index (χ1) is 13.1. The van der Waals surface area contributed by atoms with Gasteiger partial charge in [0.25, 0.3) is 5.91 Å². The van der Waals surface area contributed by atoms with E-state index >= 15 is 0 Å². The van der Waals surface area contributed by atoms with Gasteiger partial charge in [-0.2, -0.15) is 5.26 Å². The van der Waals surface area contributed by atoms with Gasteiger partial charge in [-0.3, -0.25) is 9.59 Å². The van der Waals surface area contributed by atoms with E-state index in [2.05, 4.69) is 0 Å². The lowest BCUT2D eigenvalue weighted by Crippen LogP contribution is -2.49. The molecule has 0 saturated carbocycles. The van der Waals surface area contributed by atoms with Crippen LogP contribution in [0, 0.1) is 23.2 Å². The van der Waals surface area contributed by atoms with Crippen LogP contribution in [0.5, 0.6) is 0 Å². The summed E-state index contributed by atoms with van der Waals surface area (Å²) in [5.74, 6) is -2.99. The van der Waals surface area contributed by atoms with Gasteiger partial charge in [-0.05, 0) is 42.9 Å². The SMILES string of the molecule is CC(C)CCC(O)C(C(O)O)C(OC(=O)CCc1ccc(C#N)cc1)C(N)=O. The number of aryl methyl sites for hydroxylation is 1. The van der Waals surface area contributed by atoms with Crippen LogP contribution in [-0.2, 0) is 20.7 Å². The van der Waals surface area contributed by atoms with Gasteiger partial charge < -0.3 is 25.8 Å². The van der Waals surface area contributed by atoms with Crippen molar-refractivity contribution in [2.45, 2.75) is 58.0 Å². The van der Waals surface area contributed by atoms with E-state index in [-0.39, 0.29) is 18.8 Å². The fourth-order valence-electron chi connectivity index (χ4n) is 2.77. The average molecular weight is 392 g/mol. The zero-order valence-electron chi connectivity index (χ0n) is 16.1. The third-order valence-corrected chi connectivity index (χ3v) is 4.42. The van der Waals surface area contributed by atoms with Gasteiger partial charge in [0.2, 0.25) is 0 Å². The van der Waals surface area contributed by atoms with Gasteiger partial charge in [0.05, 0.1) is 23.7 Å². The van der Waals surface area contributed by atoms with E-state index in [0.29, 0.717) is 18.4 Å². The number of aliphatic hydroxyl groups excluding tert-OH is 2. The van der Waals surface area contributed by atoms with Crippen LogP contribution in [-0.4, -0.2) is 45.7 Å². The molecule has 0 bridgehead atoms. The minimum absolute atomic E-state index is 0.0774. The van der Waals surface area contributed by atoms with E-state index in [1.807, 2.05) is 19.9 Å². The Labute approximate surface area is 164 Å². The lowest BCUT2D eigenvalue weighted by molar-refractivity contribution is -0.184. The van der Waals surface area contributed by atoms with E-state index in [9.17, 15) is 24.9 Å². The number of nitrogens with zero attached hydrogens (tertiary/aromatic N) is 1. The Balaban J connectivity index is 2.75. The van der Waals surface area contributed by atoms with Gasteiger partial charge in [-0.15, -0.1) is 0 Å². The summed E-state index contributed by atoms with van der Waals surface area (Å²) in [4.78, 5) is 23.9. The van der Waals surface area contributed by atoms with E-state index in [1.54, 1.807) is 24.3 Å². The number of carbonyl (C=O) groups is 2. The predicted octanol–water partition coefficient (Wildman–Crippen LogP) is 0.612. The van der Waals surface area contributed by atoms with Crippen LogP contribution < -0.4 is 5.73 Å². The minimum Gasteiger partial charge on any atom is -0.452 e. The second-order valence-corrected chi connectivity index (χ2v) is 7.15. The summed E-state index contributed by atoms with van der Waals surface area (Å²) in [5, 5.41) is 38.3. The first-order valence-corrected chi connectivity index (χ1v) is 9.17. The predicted molar refractivity (Wildman–Crippen MR) is 100 cm³/mol. The number of esters is 1. The first-order valence-electron chi connectivity index (χ1n) is 9.17. The fraction of sp³-hybridized carbons (Fsp3) is 0.550. The van der Waals surface area contributed by atoms with Crippen molar-refractivity contribution in [3.8, 4) is 6.07 Å². The molecule has 154 valence electrons. The molecule has 0 heterocycles. The smallest absolute Gasteiger partial charge is 0.306 e. The number of benzene rings is 1. The van der Waals surface area contributed by atoms with Gasteiger partial charge in [-0.1, -0.05) is 26.0 Å². The number of carbonyl (C=O) groups excluding carboxylic acids is 2. The van der Waals surface area contributed by atoms with Crippen molar-refractivity contribution in [2.75, 3.05) is 0 Å². The molecule has 0 aromatic heterocycles. The van der Waals surface area contributed by atoms with Crippen LogP contribution in [0.1, 0.15) is 44.2 Å². The lowest BCUT2D eigenvalue weighted by Gasteiger charge is -2.30. The van der Waals surface area contributed by atoms with E-state index < -0.39 is 36.3 Å². The molecule has 1 amide bonds. The highest BCUT2D eigenvalue weighted by Gasteiger charge is 2.39. The highest BCUT2D eigenvalue weighted by molar-refractivity contribution is 5.82. The Morgan fingerprint density at radius 2 is 1.75 bits per heavy atom. The van der Waals surface area contributed by atoms with Crippen molar-refractivity contribution in [3.63, 3.8) is 0 Å². The number of amides is 1. The van der Waals surface area contributed by atoms with Crippen LogP contribution in [0.15, 0.2) is 24.3 Å². The largest absolute Gasteiger partial charge is 0.452 e. The Morgan fingerprint density at radius 3 is 2.21 bits per heavy atom. The summed E-state index contributed by atoms with van der Waals surface area (Å²) in [6, 6.07) is 8.64. The number of primary amides is 1. The summed E-state index contributed by atoms with van der Waals surface area (Å²) >= 11 is 0. The molecule has 0 aliphatic carbocycles. The van der Waals surface area contributed by atoms with Crippen molar-refractivity contribution in [2.24, 2.45) is 17.6 Å². The van der Waals surface area contributed by atoms with Gasteiger partial charge in [0, 0.05) is 6.42 Å². The molecule has 3 atom stereocenters. The van der Waals surface area contributed by atoms with Gasteiger partial charge in [0.15, 0.2) is 12.4 Å². The molecule has 28 heavy (non-hydrogen) atoms. The zero-order valence-corrected chi connectivity index (χ0v) is 16.1. The van der Waals surface area contributed by atoms with Gasteiger partial charge >= 0.3 is 5.97 Å². The Morgan fingerprint density at radius 1 is 1.14 bits per heavy atom. The molecule has 5 N–H and O–H groups in total. The number of aliphatic hydroxyl groups is 3. The number of rotatable bonds is 11. The maximum atomic E-state index is 12.1. The van der Waals surface area contributed by atoms with Crippen molar-refractivity contribution in [1.82, 2.24) is 0 Å². The normalized spacial score (nSPS) is 14.4. The number of hydrogen-bond donors (Lipinski definition) is 4. The fourth-order valence-corrected chi connectivity index (χ4v) is 2.77. The van der Waals surface area contributed by atoms with Crippen molar-refractivity contribution in [3.05, 3.63) is 35.4 Å². The summed E-state index contributed by atoms with van der Waals surface area (Å²) in [6.45, 7) is 3.87. The molecule has 0 fully saturated rings. The molecule has 0 aliphatic heterocycles. The second-order valence-electron chi connectivity index (χ2n) is 7.15. The van der Waals surface area contributed by atoms with E-state index in [1.165, 1.54) is 0 Å². The Bertz CT molecular complexity index is 681. The Hall–Kier alpha value is -2.47. The van der Waals surface area contributed by atoms with Crippen LogP contribution in [0.2, 0.25) is 0 Å².